The Balaban J connectivity index is 1.78. The number of amides is 1. The molecule has 2 saturated heterocycles. The van der Waals surface area contributed by atoms with Crippen LogP contribution in [0.2, 0.25) is 0 Å². The van der Waals surface area contributed by atoms with Crippen molar-refractivity contribution < 1.29 is 24.2 Å². The van der Waals surface area contributed by atoms with Crippen molar-refractivity contribution in [3.63, 3.8) is 0 Å². The van der Waals surface area contributed by atoms with Crippen LogP contribution in [0.25, 0.3) is 0 Å². The normalized spacial score (nSPS) is 40.5. The number of fused-ring (bicyclic) bond motifs is 2. The molecular weight excluding hydrogens is 366 g/mol. The van der Waals surface area contributed by atoms with Crippen LogP contribution in [-0.4, -0.2) is 46.1 Å². The number of allylic oxidation sites excluding steroid dienone is 3. The summed E-state index contributed by atoms with van der Waals surface area (Å²) in [6.07, 6.45) is 9.42. The Hall–Kier alpha value is -1.31. The minimum absolute atomic E-state index is 0.160. The number of hydrogen-bond acceptors (Lipinski definition) is 6. The largest absolute Gasteiger partial charge is 0.459 e. The molecule has 0 aromatic rings. The van der Waals surface area contributed by atoms with Gasteiger partial charge in [0.25, 0.3) is 5.24 Å². The van der Waals surface area contributed by atoms with E-state index in [0.29, 0.717) is 18.1 Å². The summed E-state index contributed by atoms with van der Waals surface area (Å²) in [5, 5.41) is 13.7. The van der Waals surface area contributed by atoms with E-state index in [1.54, 1.807) is 6.08 Å². The quantitative estimate of drug-likeness (QED) is 0.523. The molecule has 2 N–H and O–H groups in total. The van der Waals surface area contributed by atoms with Gasteiger partial charge in [-0.25, -0.2) is 4.79 Å². The number of thioether (sulfide) groups is 1. The predicted octanol–water partition coefficient (Wildman–Crippen LogP) is 3.30. The molecule has 3 aliphatic heterocycles. The average molecular weight is 396 g/mol. The highest BCUT2D eigenvalue weighted by Gasteiger charge is 2.49. The molecule has 2 bridgehead atoms. The van der Waals surface area contributed by atoms with Gasteiger partial charge in [0.2, 0.25) is 0 Å². The smallest absolute Gasteiger partial charge is 0.330 e. The van der Waals surface area contributed by atoms with E-state index in [4.69, 9.17) is 9.47 Å². The SMILES string of the molecule is C/C1=C/C(=O)O[C@@H]2C[C@@H](CC[C@H](C)C=CCC1)O[C@@](O)([C@H]1CSC(=O)N1)C2. The van der Waals surface area contributed by atoms with Gasteiger partial charge >= 0.3 is 5.97 Å². The number of rotatable bonds is 1. The first-order valence-corrected chi connectivity index (χ1v) is 10.7. The van der Waals surface area contributed by atoms with Crippen molar-refractivity contribution >= 4 is 23.0 Å². The van der Waals surface area contributed by atoms with Crippen LogP contribution in [0.3, 0.4) is 0 Å². The maximum Gasteiger partial charge on any atom is 0.330 e. The Morgan fingerprint density at radius 3 is 2.85 bits per heavy atom. The lowest BCUT2D eigenvalue weighted by Gasteiger charge is -2.43. The van der Waals surface area contributed by atoms with Crippen LogP contribution < -0.4 is 5.32 Å². The summed E-state index contributed by atoms with van der Waals surface area (Å²) in [7, 11) is 0. The molecule has 1 amide bonds. The monoisotopic (exact) mass is 395 g/mol. The van der Waals surface area contributed by atoms with Gasteiger partial charge < -0.3 is 19.9 Å². The molecule has 0 spiro atoms. The van der Waals surface area contributed by atoms with Gasteiger partial charge in [-0.2, -0.15) is 0 Å². The Morgan fingerprint density at radius 1 is 1.30 bits per heavy atom. The molecule has 3 aliphatic rings. The maximum absolute atomic E-state index is 12.3. The van der Waals surface area contributed by atoms with E-state index in [1.165, 1.54) is 0 Å². The molecule has 7 heteroatoms. The Labute approximate surface area is 164 Å². The topological polar surface area (TPSA) is 84.9 Å². The second-order valence-electron chi connectivity index (χ2n) is 7.89. The molecule has 0 aliphatic carbocycles. The zero-order valence-electron chi connectivity index (χ0n) is 16.0. The summed E-state index contributed by atoms with van der Waals surface area (Å²) >= 11 is 1.14. The Morgan fingerprint density at radius 2 is 2.11 bits per heavy atom. The second-order valence-corrected chi connectivity index (χ2v) is 8.88. The van der Waals surface area contributed by atoms with Crippen LogP contribution in [0.5, 0.6) is 0 Å². The third-order valence-electron chi connectivity index (χ3n) is 5.40. The van der Waals surface area contributed by atoms with E-state index in [1.807, 2.05) is 6.92 Å². The highest BCUT2D eigenvalue weighted by Crippen LogP contribution is 2.37. The van der Waals surface area contributed by atoms with Crippen LogP contribution >= 0.6 is 11.8 Å². The van der Waals surface area contributed by atoms with E-state index in [9.17, 15) is 14.7 Å². The van der Waals surface area contributed by atoms with Gasteiger partial charge in [0, 0.05) is 24.7 Å². The Bertz CT molecular complexity index is 634. The van der Waals surface area contributed by atoms with Gasteiger partial charge in [0.15, 0.2) is 5.79 Å². The number of aliphatic hydroxyl groups is 1. The predicted molar refractivity (Wildman–Crippen MR) is 104 cm³/mol. The fourth-order valence-corrected chi connectivity index (χ4v) is 4.75. The third-order valence-corrected chi connectivity index (χ3v) is 6.28. The van der Waals surface area contributed by atoms with Crippen LogP contribution in [-0.2, 0) is 14.3 Å². The molecule has 3 rings (SSSR count). The lowest BCUT2D eigenvalue weighted by molar-refractivity contribution is -0.283. The number of nitrogens with one attached hydrogen (secondary N) is 1. The van der Waals surface area contributed by atoms with Crippen molar-refractivity contribution in [3.05, 3.63) is 23.8 Å². The van der Waals surface area contributed by atoms with E-state index in [2.05, 4.69) is 24.4 Å². The summed E-state index contributed by atoms with van der Waals surface area (Å²) in [6, 6.07) is -0.493. The van der Waals surface area contributed by atoms with Crippen molar-refractivity contribution in [2.24, 2.45) is 5.92 Å². The van der Waals surface area contributed by atoms with Crippen LogP contribution in [0.1, 0.15) is 52.4 Å². The van der Waals surface area contributed by atoms with Gasteiger partial charge in [-0.3, -0.25) is 4.79 Å². The molecule has 0 aromatic heterocycles. The van der Waals surface area contributed by atoms with Crippen LogP contribution in [0.4, 0.5) is 4.79 Å². The van der Waals surface area contributed by atoms with Crippen molar-refractivity contribution in [2.45, 2.75) is 76.4 Å². The highest BCUT2D eigenvalue weighted by molar-refractivity contribution is 8.14. The van der Waals surface area contributed by atoms with Crippen molar-refractivity contribution in [1.82, 2.24) is 5.32 Å². The lowest BCUT2D eigenvalue weighted by atomic mass is 9.90. The van der Waals surface area contributed by atoms with Gasteiger partial charge in [-0.15, -0.1) is 0 Å². The first-order chi connectivity index (χ1) is 12.8. The molecule has 27 heavy (non-hydrogen) atoms. The zero-order chi connectivity index (χ0) is 19.4. The molecular formula is C20H29NO5S. The summed E-state index contributed by atoms with van der Waals surface area (Å²) in [6.45, 7) is 4.10. The fraction of sp³-hybridized carbons (Fsp3) is 0.700. The summed E-state index contributed by atoms with van der Waals surface area (Å²) in [5.41, 5.74) is 0.979. The number of ether oxygens (including phenoxy) is 2. The van der Waals surface area contributed by atoms with E-state index < -0.39 is 17.9 Å². The minimum atomic E-state index is -1.51. The molecule has 0 aromatic carbocycles. The second kappa shape index (κ2) is 8.80. The number of carbonyl (C=O) groups is 2. The highest BCUT2D eigenvalue weighted by atomic mass is 32.2. The third kappa shape index (κ3) is 5.59. The standard InChI is InChI=1S/C20H29NO5S/c1-13-5-3-4-6-14(2)9-18(22)25-16-10-15(8-7-13)26-20(24,11-16)17-12-27-19(23)21-17/h3,5,9,13,15-17,24H,4,6-8,10-12H2,1-2H3,(H,21,23)/b5-3?,14-9-/t13-,15-,16-,17-,20-/m1/s1. The number of carbonyl (C=O) groups excluding carboxylic acids is 2. The molecule has 2 fully saturated rings. The maximum atomic E-state index is 12.3. The van der Waals surface area contributed by atoms with E-state index >= 15 is 0 Å². The number of hydrogen-bond donors (Lipinski definition) is 2. The molecule has 0 saturated carbocycles. The molecule has 150 valence electrons. The fourth-order valence-electron chi connectivity index (χ4n) is 3.86. The van der Waals surface area contributed by atoms with E-state index in [0.717, 1.165) is 43.0 Å². The van der Waals surface area contributed by atoms with Gasteiger partial charge in [-0.05, 0) is 38.5 Å². The van der Waals surface area contributed by atoms with Crippen LogP contribution in [0, 0.1) is 5.92 Å². The summed E-state index contributed by atoms with van der Waals surface area (Å²) < 4.78 is 11.7. The Kier molecular flexibility index (Phi) is 6.65. The van der Waals surface area contributed by atoms with Gasteiger partial charge in [0.05, 0.1) is 12.1 Å². The first-order valence-electron chi connectivity index (χ1n) is 9.72. The minimum Gasteiger partial charge on any atom is -0.459 e. The molecule has 0 unspecified atom stereocenters. The number of esters is 1. The van der Waals surface area contributed by atoms with Crippen molar-refractivity contribution in [3.8, 4) is 0 Å². The van der Waals surface area contributed by atoms with Crippen molar-refractivity contribution in [2.75, 3.05) is 5.75 Å². The summed E-state index contributed by atoms with van der Waals surface area (Å²) in [4.78, 5) is 23.9. The van der Waals surface area contributed by atoms with E-state index in [-0.39, 0.29) is 23.7 Å². The molecule has 6 nitrogen and oxygen atoms in total. The average Bonchev–Trinajstić information content (AvgIpc) is 3.03. The summed E-state index contributed by atoms with van der Waals surface area (Å²) in [5.74, 6) is -1.03. The van der Waals surface area contributed by atoms with Gasteiger partial charge in [-0.1, -0.05) is 36.4 Å². The van der Waals surface area contributed by atoms with Gasteiger partial charge in [0.1, 0.15) is 6.10 Å². The molecule has 3 heterocycles. The molecule has 5 atom stereocenters. The van der Waals surface area contributed by atoms with Crippen molar-refractivity contribution in [1.29, 1.82) is 0 Å². The molecule has 0 radical (unpaired) electrons. The zero-order valence-corrected chi connectivity index (χ0v) is 16.8. The first kappa shape index (κ1) is 20.4. The lowest BCUT2D eigenvalue weighted by Crippen LogP contribution is -2.58. The van der Waals surface area contributed by atoms with Crippen LogP contribution in [0.15, 0.2) is 23.8 Å².